The molecule has 0 bridgehead atoms. The Labute approximate surface area is 63.4 Å². The summed E-state index contributed by atoms with van der Waals surface area (Å²) >= 11 is 0. The van der Waals surface area contributed by atoms with Crippen molar-refractivity contribution in [1.82, 2.24) is 0 Å². The van der Waals surface area contributed by atoms with Crippen LogP contribution in [0.4, 0.5) is 0 Å². The Balaban J connectivity index is 2.12. The van der Waals surface area contributed by atoms with E-state index in [2.05, 4.69) is 13.8 Å². The molecule has 1 heteroatoms. The van der Waals surface area contributed by atoms with Crippen molar-refractivity contribution in [3.05, 3.63) is 0 Å². The summed E-state index contributed by atoms with van der Waals surface area (Å²) in [5.74, 6) is 1.44. The maximum absolute atomic E-state index is 9.25. The molecular weight excluding hydrogens is 124 g/mol. The Bertz CT molecular complexity index is 101. The molecule has 1 rings (SSSR count). The average molecular weight is 142 g/mol. The molecule has 10 heavy (non-hydrogen) atoms. The van der Waals surface area contributed by atoms with Crippen LogP contribution in [0, 0.1) is 11.8 Å². The van der Waals surface area contributed by atoms with Gasteiger partial charge in [-0.2, -0.15) is 0 Å². The standard InChI is InChI=1S/C9H18O/c1-3-7(2)6-8-4-5-9(8)10/h7-10H,3-6H2,1-2H3. The molecule has 3 unspecified atom stereocenters. The highest BCUT2D eigenvalue weighted by atomic mass is 16.3. The largest absolute Gasteiger partial charge is 0.393 e. The topological polar surface area (TPSA) is 20.2 Å². The van der Waals surface area contributed by atoms with Crippen LogP contribution < -0.4 is 0 Å². The summed E-state index contributed by atoms with van der Waals surface area (Å²) < 4.78 is 0. The van der Waals surface area contributed by atoms with Crippen LogP contribution in [0.3, 0.4) is 0 Å². The van der Waals surface area contributed by atoms with Gasteiger partial charge in [-0.1, -0.05) is 20.3 Å². The molecule has 0 aromatic carbocycles. The Hall–Kier alpha value is -0.0400. The summed E-state index contributed by atoms with van der Waals surface area (Å²) in [4.78, 5) is 0. The van der Waals surface area contributed by atoms with Gasteiger partial charge in [-0.3, -0.25) is 0 Å². The fraction of sp³-hybridized carbons (Fsp3) is 1.00. The van der Waals surface area contributed by atoms with Crippen molar-refractivity contribution in [2.75, 3.05) is 0 Å². The summed E-state index contributed by atoms with van der Waals surface area (Å²) in [7, 11) is 0. The van der Waals surface area contributed by atoms with Crippen molar-refractivity contribution in [2.24, 2.45) is 11.8 Å². The van der Waals surface area contributed by atoms with Crippen LogP contribution in [0.1, 0.15) is 39.5 Å². The maximum Gasteiger partial charge on any atom is 0.0568 e. The van der Waals surface area contributed by atoms with Crippen LogP contribution in [-0.4, -0.2) is 11.2 Å². The molecule has 0 aromatic heterocycles. The number of hydrogen-bond acceptors (Lipinski definition) is 1. The summed E-state index contributed by atoms with van der Waals surface area (Å²) in [6.07, 6.45) is 4.82. The van der Waals surface area contributed by atoms with Crippen molar-refractivity contribution in [3.63, 3.8) is 0 Å². The zero-order chi connectivity index (χ0) is 7.56. The van der Waals surface area contributed by atoms with Gasteiger partial charge < -0.3 is 5.11 Å². The van der Waals surface area contributed by atoms with E-state index >= 15 is 0 Å². The number of aliphatic hydroxyl groups is 1. The molecule has 0 aliphatic heterocycles. The Morgan fingerprint density at radius 2 is 2.20 bits per heavy atom. The van der Waals surface area contributed by atoms with E-state index in [4.69, 9.17) is 0 Å². The minimum Gasteiger partial charge on any atom is -0.393 e. The highest BCUT2D eigenvalue weighted by molar-refractivity contribution is 4.80. The first-order chi connectivity index (χ1) is 4.74. The van der Waals surface area contributed by atoms with Gasteiger partial charge in [0.05, 0.1) is 6.10 Å². The Kier molecular flexibility index (Phi) is 2.72. The van der Waals surface area contributed by atoms with Crippen molar-refractivity contribution < 1.29 is 5.11 Å². The van der Waals surface area contributed by atoms with Gasteiger partial charge in [0.15, 0.2) is 0 Å². The van der Waals surface area contributed by atoms with Gasteiger partial charge in [0.2, 0.25) is 0 Å². The summed E-state index contributed by atoms with van der Waals surface area (Å²) in [5.41, 5.74) is 0. The summed E-state index contributed by atoms with van der Waals surface area (Å²) in [6.45, 7) is 4.49. The van der Waals surface area contributed by atoms with Crippen molar-refractivity contribution >= 4 is 0 Å². The Morgan fingerprint density at radius 3 is 2.50 bits per heavy atom. The normalized spacial score (nSPS) is 35.1. The fourth-order valence-corrected chi connectivity index (χ4v) is 1.51. The lowest BCUT2D eigenvalue weighted by Crippen LogP contribution is -2.32. The number of hydrogen-bond donors (Lipinski definition) is 1. The quantitative estimate of drug-likeness (QED) is 0.640. The third-order valence-electron chi connectivity index (χ3n) is 2.78. The van der Waals surface area contributed by atoms with Crippen LogP contribution in [0.15, 0.2) is 0 Å². The molecule has 1 aliphatic rings. The fourth-order valence-electron chi connectivity index (χ4n) is 1.51. The summed E-state index contributed by atoms with van der Waals surface area (Å²) in [6, 6.07) is 0. The molecule has 1 aliphatic carbocycles. The average Bonchev–Trinajstić information content (AvgIpc) is 1.96. The lowest BCUT2D eigenvalue weighted by atomic mass is 9.76. The van der Waals surface area contributed by atoms with Crippen molar-refractivity contribution in [2.45, 2.75) is 45.6 Å². The molecule has 0 aromatic rings. The smallest absolute Gasteiger partial charge is 0.0568 e. The monoisotopic (exact) mass is 142 g/mol. The zero-order valence-electron chi connectivity index (χ0n) is 7.01. The molecule has 0 radical (unpaired) electrons. The van der Waals surface area contributed by atoms with Gasteiger partial charge in [0.25, 0.3) is 0 Å². The first kappa shape index (κ1) is 8.06. The van der Waals surface area contributed by atoms with Gasteiger partial charge >= 0.3 is 0 Å². The lowest BCUT2D eigenvalue weighted by Gasteiger charge is -2.34. The highest BCUT2D eigenvalue weighted by Crippen LogP contribution is 2.33. The molecule has 3 atom stereocenters. The highest BCUT2D eigenvalue weighted by Gasteiger charge is 2.29. The molecule has 0 spiro atoms. The van der Waals surface area contributed by atoms with Crippen LogP contribution >= 0.6 is 0 Å². The molecule has 1 fully saturated rings. The van der Waals surface area contributed by atoms with E-state index in [-0.39, 0.29) is 6.10 Å². The van der Waals surface area contributed by atoms with Gasteiger partial charge in [0.1, 0.15) is 0 Å². The second kappa shape index (κ2) is 3.38. The molecule has 1 nitrogen and oxygen atoms in total. The first-order valence-corrected chi connectivity index (χ1v) is 4.42. The molecule has 60 valence electrons. The van der Waals surface area contributed by atoms with Crippen LogP contribution in [0.25, 0.3) is 0 Å². The predicted octanol–water partition coefficient (Wildman–Crippen LogP) is 2.19. The molecular formula is C9H18O. The predicted molar refractivity (Wildman–Crippen MR) is 42.8 cm³/mol. The minimum atomic E-state index is 0.0361. The van der Waals surface area contributed by atoms with Crippen LogP contribution in [0.2, 0.25) is 0 Å². The van der Waals surface area contributed by atoms with Crippen LogP contribution in [-0.2, 0) is 0 Å². The van der Waals surface area contributed by atoms with E-state index in [1.807, 2.05) is 0 Å². The van der Waals surface area contributed by atoms with Gasteiger partial charge in [-0.15, -0.1) is 0 Å². The molecule has 1 N–H and O–H groups in total. The van der Waals surface area contributed by atoms with Crippen molar-refractivity contribution in [1.29, 1.82) is 0 Å². The second-order valence-corrected chi connectivity index (χ2v) is 3.65. The third kappa shape index (κ3) is 1.72. The van der Waals surface area contributed by atoms with Crippen LogP contribution in [0.5, 0.6) is 0 Å². The molecule has 1 saturated carbocycles. The lowest BCUT2D eigenvalue weighted by molar-refractivity contribution is 0.0115. The molecule has 0 heterocycles. The summed E-state index contributed by atoms with van der Waals surface area (Å²) in [5, 5.41) is 9.25. The van der Waals surface area contributed by atoms with E-state index in [1.54, 1.807) is 0 Å². The zero-order valence-corrected chi connectivity index (χ0v) is 7.01. The SMILES string of the molecule is CCC(C)CC1CCC1O. The maximum atomic E-state index is 9.25. The van der Waals surface area contributed by atoms with Gasteiger partial charge in [-0.25, -0.2) is 0 Å². The van der Waals surface area contributed by atoms with E-state index in [1.165, 1.54) is 19.3 Å². The van der Waals surface area contributed by atoms with E-state index in [9.17, 15) is 5.11 Å². The first-order valence-electron chi connectivity index (χ1n) is 4.42. The Morgan fingerprint density at radius 1 is 1.50 bits per heavy atom. The minimum absolute atomic E-state index is 0.0361. The third-order valence-corrected chi connectivity index (χ3v) is 2.78. The number of rotatable bonds is 3. The van der Waals surface area contributed by atoms with E-state index in [0.29, 0.717) is 5.92 Å². The molecule has 0 saturated heterocycles. The van der Waals surface area contributed by atoms with E-state index in [0.717, 1.165) is 12.3 Å². The number of aliphatic hydroxyl groups excluding tert-OH is 1. The van der Waals surface area contributed by atoms with Gasteiger partial charge in [0, 0.05) is 0 Å². The van der Waals surface area contributed by atoms with E-state index < -0.39 is 0 Å². The second-order valence-electron chi connectivity index (χ2n) is 3.65. The van der Waals surface area contributed by atoms with Gasteiger partial charge in [-0.05, 0) is 31.1 Å². The molecule has 0 amide bonds. The van der Waals surface area contributed by atoms with Crippen molar-refractivity contribution in [3.8, 4) is 0 Å².